The van der Waals surface area contributed by atoms with Gasteiger partial charge in [0.05, 0.1) is 0 Å². The molecule has 1 rings (SSSR count). The van der Waals surface area contributed by atoms with Crippen molar-refractivity contribution < 1.29 is 0 Å². The molecule has 1 aliphatic heterocycles. The van der Waals surface area contributed by atoms with Crippen LogP contribution in [-0.2, 0) is 0 Å². The van der Waals surface area contributed by atoms with Crippen LogP contribution in [0.1, 0.15) is 46.5 Å². The molecule has 1 fully saturated rings. The molecule has 0 aromatic rings. The molecule has 94 valence electrons. The third kappa shape index (κ3) is 4.67. The highest BCUT2D eigenvalue weighted by atomic mass is 14.9. The molecule has 2 nitrogen and oxygen atoms in total. The van der Waals surface area contributed by atoms with E-state index >= 15 is 0 Å². The predicted molar refractivity (Wildman–Crippen MR) is 71.7 cm³/mol. The van der Waals surface area contributed by atoms with E-state index < -0.39 is 0 Å². The Kier molecular flexibility index (Phi) is 6.74. The van der Waals surface area contributed by atoms with Gasteiger partial charge in [0.25, 0.3) is 0 Å². The summed E-state index contributed by atoms with van der Waals surface area (Å²) in [5.41, 5.74) is 3.15. The van der Waals surface area contributed by atoms with E-state index in [4.69, 9.17) is 0 Å². The highest BCUT2D eigenvalue weighted by Gasteiger charge is 2.10. The molecule has 0 aromatic heterocycles. The smallest absolute Gasteiger partial charge is 0.0183 e. The fourth-order valence-corrected chi connectivity index (χ4v) is 2.08. The Labute approximate surface area is 101 Å². The molecular weight excluding hydrogens is 196 g/mol. The number of nitrogens with one attached hydrogen (secondary N) is 2. The number of rotatable bonds is 8. The van der Waals surface area contributed by atoms with Crippen molar-refractivity contribution in [1.29, 1.82) is 0 Å². The second kappa shape index (κ2) is 7.86. The van der Waals surface area contributed by atoms with Gasteiger partial charge in [-0.15, -0.1) is 0 Å². The lowest BCUT2D eigenvalue weighted by atomic mass is 9.99. The predicted octanol–water partition coefficient (Wildman–Crippen LogP) is 2.71. The molecule has 1 unspecified atom stereocenters. The molecule has 2 N–H and O–H groups in total. The van der Waals surface area contributed by atoms with Crippen LogP contribution in [-0.4, -0.2) is 26.2 Å². The van der Waals surface area contributed by atoms with E-state index in [0.29, 0.717) is 0 Å². The molecule has 0 aromatic carbocycles. The molecule has 1 saturated heterocycles. The van der Waals surface area contributed by atoms with Crippen molar-refractivity contribution in [2.75, 3.05) is 26.2 Å². The van der Waals surface area contributed by atoms with Gasteiger partial charge in [-0.1, -0.05) is 38.7 Å². The van der Waals surface area contributed by atoms with Crippen molar-refractivity contribution in [3.8, 4) is 0 Å². The van der Waals surface area contributed by atoms with Gasteiger partial charge in [0.15, 0.2) is 0 Å². The van der Waals surface area contributed by atoms with Crippen LogP contribution >= 0.6 is 0 Å². The molecule has 16 heavy (non-hydrogen) atoms. The van der Waals surface area contributed by atoms with Crippen molar-refractivity contribution in [3.63, 3.8) is 0 Å². The summed E-state index contributed by atoms with van der Waals surface area (Å²) in [6.07, 6.45) is 5.40. The van der Waals surface area contributed by atoms with Gasteiger partial charge in [0.1, 0.15) is 0 Å². The van der Waals surface area contributed by atoms with E-state index in [0.717, 1.165) is 25.6 Å². The first kappa shape index (κ1) is 13.7. The zero-order valence-electron chi connectivity index (χ0n) is 11.2. The molecule has 2 heteroatoms. The Morgan fingerprint density at radius 2 is 2.12 bits per heavy atom. The molecule has 0 aliphatic carbocycles. The van der Waals surface area contributed by atoms with Gasteiger partial charge >= 0.3 is 0 Å². The average Bonchev–Trinajstić information content (AvgIpc) is 2.20. The van der Waals surface area contributed by atoms with Gasteiger partial charge in [0, 0.05) is 19.6 Å². The molecule has 0 amide bonds. The fraction of sp³-hybridized carbons (Fsp3) is 0.857. The zero-order valence-corrected chi connectivity index (χ0v) is 11.2. The Bertz CT molecular complexity index is 215. The van der Waals surface area contributed by atoms with Gasteiger partial charge in [-0.3, -0.25) is 0 Å². The van der Waals surface area contributed by atoms with Gasteiger partial charge in [-0.2, -0.15) is 0 Å². The van der Waals surface area contributed by atoms with Crippen LogP contribution in [0.3, 0.4) is 0 Å². The molecule has 1 heterocycles. The molecule has 1 aliphatic rings. The monoisotopic (exact) mass is 224 g/mol. The molecule has 0 saturated carbocycles. The first-order valence-corrected chi connectivity index (χ1v) is 6.86. The Balaban J connectivity index is 2.12. The van der Waals surface area contributed by atoms with Crippen LogP contribution in [0.4, 0.5) is 0 Å². The van der Waals surface area contributed by atoms with Crippen LogP contribution < -0.4 is 10.6 Å². The van der Waals surface area contributed by atoms with E-state index in [2.05, 4.69) is 31.4 Å². The first-order valence-electron chi connectivity index (χ1n) is 6.86. The Morgan fingerprint density at radius 3 is 2.62 bits per heavy atom. The number of hydrogen-bond acceptors (Lipinski definition) is 2. The Morgan fingerprint density at radius 1 is 1.38 bits per heavy atom. The second-order valence-corrected chi connectivity index (χ2v) is 5.03. The number of hydrogen-bond donors (Lipinski definition) is 2. The fourth-order valence-electron chi connectivity index (χ4n) is 2.08. The summed E-state index contributed by atoms with van der Waals surface area (Å²) in [5, 5.41) is 6.90. The molecule has 0 bridgehead atoms. The lowest BCUT2D eigenvalue weighted by Crippen LogP contribution is -2.36. The highest BCUT2D eigenvalue weighted by Crippen LogP contribution is 2.12. The van der Waals surface area contributed by atoms with Crippen molar-refractivity contribution in [2.24, 2.45) is 5.92 Å². The maximum atomic E-state index is 3.61. The van der Waals surface area contributed by atoms with Crippen molar-refractivity contribution in [2.45, 2.75) is 46.5 Å². The van der Waals surface area contributed by atoms with E-state index in [9.17, 15) is 0 Å². The van der Waals surface area contributed by atoms with Gasteiger partial charge in [0.2, 0.25) is 0 Å². The lowest BCUT2D eigenvalue weighted by molar-refractivity contribution is 0.425. The topological polar surface area (TPSA) is 24.1 Å². The summed E-state index contributed by atoms with van der Waals surface area (Å²) in [7, 11) is 0. The maximum absolute atomic E-state index is 3.61. The summed E-state index contributed by atoms with van der Waals surface area (Å²) in [6.45, 7) is 11.3. The summed E-state index contributed by atoms with van der Waals surface area (Å²) < 4.78 is 0. The van der Waals surface area contributed by atoms with Crippen molar-refractivity contribution >= 4 is 0 Å². The molecular formula is C14H28N2. The molecule has 1 atom stereocenters. The van der Waals surface area contributed by atoms with Gasteiger partial charge < -0.3 is 10.6 Å². The van der Waals surface area contributed by atoms with Crippen LogP contribution in [0.25, 0.3) is 0 Å². The van der Waals surface area contributed by atoms with E-state index in [1.165, 1.54) is 32.2 Å². The summed E-state index contributed by atoms with van der Waals surface area (Å²) in [5.74, 6) is 0.872. The van der Waals surface area contributed by atoms with Gasteiger partial charge in [-0.25, -0.2) is 0 Å². The Hall–Kier alpha value is -0.340. The van der Waals surface area contributed by atoms with Crippen LogP contribution in [0.15, 0.2) is 11.1 Å². The normalized spacial score (nSPS) is 17.1. The third-order valence-corrected chi connectivity index (χ3v) is 3.65. The largest absolute Gasteiger partial charge is 0.313 e. The highest BCUT2D eigenvalue weighted by molar-refractivity contribution is 5.22. The van der Waals surface area contributed by atoms with Crippen LogP contribution in [0.5, 0.6) is 0 Å². The van der Waals surface area contributed by atoms with Crippen molar-refractivity contribution in [3.05, 3.63) is 11.1 Å². The minimum atomic E-state index is 0.872. The summed E-state index contributed by atoms with van der Waals surface area (Å²) >= 11 is 0. The standard InChI is InChI=1S/C14H28N2/c1-4-6-7-13(5-2)9-15-8-12(3)14-10-16-11-14/h13,15-16H,4-11H2,1-3H3. The number of unbranched alkanes of at least 4 members (excludes halogenated alkanes) is 1. The minimum absolute atomic E-state index is 0.872. The first-order chi connectivity index (χ1) is 7.77. The van der Waals surface area contributed by atoms with E-state index in [-0.39, 0.29) is 0 Å². The second-order valence-electron chi connectivity index (χ2n) is 5.03. The summed E-state index contributed by atoms with van der Waals surface area (Å²) in [4.78, 5) is 0. The molecule has 0 spiro atoms. The third-order valence-electron chi connectivity index (χ3n) is 3.65. The maximum Gasteiger partial charge on any atom is 0.0183 e. The van der Waals surface area contributed by atoms with Crippen molar-refractivity contribution in [1.82, 2.24) is 10.6 Å². The van der Waals surface area contributed by atoms with E-state index in [1.54, 1.807) is 11.1 Å². The van der Waals surface area contributed by atoms with Gasteiger partial charge in [-0.05, 0) is 31.4 Å². The SMILES string of the molecule is CCCCC(CC)CNCC(C)=C1CNC1. The molecule has 0 radical (unpaired) electrons. The summed E-state index contributed by atoms with van der Waals surface area (Å²) in [6, 6.07) is 0. The minimum Gasteiger partial charge on any atom is -0.313 e. The lowest BCUT2D eigenvalue weighted by Gasteiger charge is -2.23. The quantitative estimate of drug-likeness (QED) is 0.620. The van der Waals surface area contributed by atoms with E-state index in [1.807, 2.05) is 0 Å². The van der Waals surface area contributed by atoms with Crippen LogP contribution in [0, 0.1) is 5.92 Å². The average molecular weight is 224 g/mol. The van der Waals surface area contributed by atoms with Crippen LogP contribution in [0.2, 0.25) is 0 Å². The zero-order chi connectivity index (χ0) is 11.8.